The van der Waals surface area contributed by atoms with Gasteiger partial charge in [-0.2, -0.15) is 0 Å². The van der Waals surface area contributed by atoms with E-state index < -0.39 is 11.7 Å². The number of aromatic nitrogens is 1. The lowest BCUT2D eigenvalue weighted by atomic mass is 10.2. The molecule has 0 saturated carbocycles. The van der Waals surface area contributed by atoms with Gasteiger partial charge in [-0.15, -0.1) is 0 Å². The van der Waals surface area contributed by atoms with Crippen molar-refractivity contribution in [2.45, 2.75) is 39.3 Å². The maximum Gasteiger partial charge on any atom is 0.408 e. The SMILES string of the molecule is CC(NC(=O)OC(C)(C)C)c1cc2ccccc2[nH]1. The zero-order valence-corrected chi connectivity index (χ0v) is 11.8. The van der Waals surface area contributed by atoms with E-state index >= 15 is 0 Å². The molecule has 2 N–H and O–H groups in total. The van der Waals surface area contributed by atoms with Crippen LogP contribution in [0, 0.1) is 0 Å². The van der Waals surface area contributed by atoms with Crippen LogP contribution in [0.5, 0.6) is 0 Å². The smallest absolute Gasteiger partial charge is 0.408 e. The number of nitrogens with one attached hydrogen (secondary N) is 2. The zero-order valence-electron chi connectivity index (χ0n) is 11.8. The molecule has 4 nitrogen and oxygen atoms in total. The van der Waals surface area contributed by atoms with Crippen LogP contribution in [-0.2, 0) is 4.74 Å². The van der Waals surface area contributed by atoms with Crippen molar-refractivity contribution in [1.82, 2.24) is 10.3 Å². The summed E-state index contributed by atoms with van der Waals surface area (Å²) in [7, 11) is 0. The Hall–Kier alpha value is -1.97. The van der Waals surface area contributed by atoms with Gasteiger partial charge in [0.1, 0.15) is 5.60 Å². The fourth-order valence-electron chi connectivity index (χ4n) is 1.89. The molecule has 0 bridgehead atoms. The Bertz CT molecular complexity index is 548. The van der Waals surface area contributed by atoms with Crippen LogP contribution in [0.2, 0.25) is 0 Å². The number of carbonyl (C=O) groups excluding carboxylic acids is 1. The Morgan fingerprint density at radius 2 is 2.00 bits per heavy atom. The predicted molar refractivity (Wildman–Crippen MR) is 76.1 cm³/mol. The largest absolute Gasteiger partial charge is 0.444 e. The van der Waals surface area contributed by atoms with Gasteiger partial charge < -0.3 is 15.0 Å². The van der Waals surface area contributed by atoms with E-state index in [1.807, 2.05) is 58.0 Å². The van der Waals surface area contributed by atoms with Crippen molar-refractivity contribution in [1.29, 1.82) is 0 Å². The summed E-state index contributed by atoms with van der Waals surface area (Å²) in [6.45, 7) is 7.47. The number of fused-ring (bicyclic) bond motifs is 1. The van der Waals surface area contributed by atoms with E-state index in [4.69, 9.17) is 4.74 Å². The van der Waals surface area contributed by atoms with Crippen LogP contribution in [0.3, 0.4) is 0 Å². The number of rotatable bonds is 2. The molecule has 0 aliphatic carbocycles. The Morgan fingerprint density at radius 3 is 2.63 bits per heavy atom. The molecule has 102 valence electrons. The number of para-hydroxylation sites is 1. The second kappa shape index (κ2) is 4.96. The molecule has 1 amide bonds. The highest BCUT2D eigenvalue weighted by Gasteiger charge is 2.18. The van der Waals surface area contributed by atoms with Gasteiger partial charge in [-0.1, -0.05) is 18.2 Å². The molecule has 1 unspecified atom stereocenters. The highest BCUT2D eigenvalue weighted by Crippen LogP contribution is 2.20. The average Bonchev–Trinajstić information content (AvgIpc) is 2.69. The molecule has 0 fully saturated rings. The molecule has 1 aromatic heterocycles. The lowest BCUT2D eigenvalue weighted by Crippen LogP contribution is -2.34. The molecule has 1 heterocycles. The Labute approximate surface area is 113 Å². The minimum atomic E-state index is -0.482. The molecule has 1 atom stereocenters. The highest BCUT2D eigenvalue weighted by molar-refractivity contribution is 5.80. The number of aromatic amines is 1. The van der Waals surface area contributed by atoms with E-state index in [0.717, 1.165) is 16.6 Å². The van der Waals surface area contributed by atoms with Gasteiger partial charge in [0.2, 0.25) is 0 Å². The lowest BCUT2D eigenvalue weighted by Gasteiger charge is -2.21. The molecule has 4 heteroatoms. The van der Waals surface area contributed by atoms with Crippen molar-refractivity contribution in [2.75, 3.05) is 0 Å². The van der Waals surface area contributed by atoms with Crippen molar-refractivity contribution < 1.29 is 9.53 Å². The first kappa shape index (κ1) is 13.5. The van der Waals surface area contributed by atoms with Gasteiger partial charge in [0, 0.05) is 11.2 Å². The maximum absolute atomic E-state index is 11.7. The van der Waals surface area contributed by atoms with Crippen molar-refractivity contribution in [3.63, 3.8) is 0 Å². The van der Waals surface area contributed by atoms with Gasteiger partial charge in [0.15, 0.2) is 0 Å². The fourth-order valence-corrected chi connectivity index (χ4v) is 1.89. The third-order valence-corrected chi connectivity index (χ3v) is 2.75. The summed E-state index contributed by atoms with van der Waals surface area (Å²) in [6.07, 6.45) is -0.404. The van der Waals surface area contributed by atoms with Gasteiger partial charge in [0.05, 0.1) is 6.04 Å². The van der Waals surface area contributed by atoms with Crippen molar-refractivity contribution in [2.24, 2.45) is 0 Å². The summed E-state index contributed by atoms with van der Waals surface area (Å²) in [5, 5.41) is 3.96. The van der Waals surface area contributed by atoms with Crippen LogP contribution in [0.15, 0.2) is 30.3 Å². The first-order valence-electron chi connectivity index (χ1n) is 6.42. The summed E-state index contributed by atoms with van der Waals surface area (Å²) < 4.78 is 5.24. The van der Waals surface area contributed by atoms with Crippen LogP contribution in [0.25, 0.3) is 10.9 Å². The molecule has 0 aliphatic heterocycles. The quantitative estimate of drug-likeness (QED) is 0.864. The summed E-state index contributed by atoms with van der Waals surface area (Å²) in [6, 6.07) is 9.94. The number of H-pyrrole nitrogens is 1. The molecule has 1 aromatic carbocycles. The summed E-state index contributed by atoms with van der Waals surface area (Å²) in [5.41, 5.74) is 1.55. The predicted octanol–water partition coefficient (Wildman–Crippen LogP) is 3.75. The van der Waals surface area contributed by atoms with Crippen LogP contribution in [0.4, 0.5) is 4.79 Å². The van der Waals surface area contributed by atoms with E-state index in [1.165, 1.54) is 0 Å². The van der Waals surface area contributed by atoms with Gasteiger partial charge in [-0.05, 0) is 45.2 Å². The number of hydrogen-bond donors (Lipinski definition) is 2. The van der Waals surface area contributed by atoms with Gasteiger partial charge in [0.25, 0.3) is 0 Å². The van der Waals surface area contributed by atoms with Crippen molar-refractivity contribution in [3.05, 3.63) is 36.0 Å². The molecule has 0 spiro atoms. The monoisotopic (exact) mass is 260 g/mol. The van der Waals surface area contributed by atoms with Gasteiger partial charge in [-0.3, -0.25) is 0 Å². The first-order valence-corrected chi connectivity index (χ1v) is 6.42. The van der Waals surface area contributed by atoms with Crippen molar-refractivity contribution in [3.8, 4) is 0 Å². The number of hydrogen-bond acceptors (Lipinski definition) is 2. The van der Waals surface area contributed by atoms with Gasteiger partial charge >= 0.3 is 6.09 Å². The lowest BCUT2D eigenvalue weighted by molar-refractivity contribution is 0.0507. The minimum Gasteiger partial charge on any atom is -0.444 e. The molecule has 2 rings (SSSR count). The maximum atomic E-state index is 11.7. The summed E-state index contributed by atoms with van der Waals surface area (Å²) >= 11 is 0. The second-order valence-corrected chi connectivity index (χ2v) is 5.68. The van der Waals surface area contributed by atoms with Crippen LogP contribution in [-0.4, -0.2) is 16.7 Å². The Balaban J connectivity index is 2.07. The third-order valence-electron chi connectivity index (χ3n) is 2.75. The standard InChI is InChI=1S/C15H20N2O2/c1-10(16-14(18)19-15(2,3)4)13-9-11-7-5-6-8-12(11)17-13/h5-10,17H,1-4H3,(H,16,18). The zero-order chi connectivity index (χ0) is 14.0. The molecular formula is C15H20N2O2. The normalized spacial score (nSPS) is 13.3. The van der Waals surface area contributed by atoms with Crippen LogP contribution < -0.4 is 5.32 Å². The van der Waals surface area contributed by atoms with Crippen LogP contribution >= 0.6 is 0 Å². The topological polar surface area (TPSA) is 54.1 Å². The third kappa shape index (κ3) is 3.50. The molecule has 0 aliphatic rings. The molecule has 2 aromatic rings. The van der Waals surface area contributed by atoms with E-state index in [9.17, 15) is 4.79 Å². The van der Waals surface area contributed by atoms with Gasteiger partial charge in [-0.25, -0.2) is 4.79 Å². The minimum absolute atomic E-state index is 0.123. The first-order chi connectivity index (χ1) is 8.85. The summed E-state index contributed by atoms with van der Waals surface area (Å²) in [4.78, 5) is 15.0. The Morgan fingerprint density at radius 1 is 1.32 bits per heavy atom. The van der Waals surface area contributed by atoms with E-state index in [1.54, 1.807) is 0 Å². The number of ether oxygens (including phenoxy) is 1. The molecule has 0 radical (unpaired) electrons. The second-order valence-electron chi connectivity index (χ2n) is 5.68. The van der Waals surface area contributed by atoms with Crippen LogP contribution in [0.1, 0.15) is 39.4 Å². The average molecular weight is 260 g/mol. The fraction of sp³-hybridized carbons (Fsp3) is 0.400. The summed E-state index contributed by atoms with van der Waals surface area (Å²) in [5.74, 6) is 0. The van der Waals surface area contributed by atoms with E-state index in [2.05, 4.69) is 10.3 Å². The highest BCUT2D eigenvalue weighted by atomic mass is 16.6. The molecule has 19 heavy (non-hydrogen) atoms. The Kier molecular flexibility index (Phi) is 3.51. The molecular weight excluding hydrogens is 240 g/mol. The van der Waals surface area contributed by atoms with Crippen molar-refractivity contribution >= 4 is 17.0 Å². The van der Waals surface area contributed by atoms with E-state index in [0.29, 0.717) is 0 Å². The van der Waals surface area contributed by atoms with E-state index in [-0.39, 0.29) is 6.04 Å². The number of alkyl carbamates (subject to hydrolysis) is 1. The molecule has 0 saturated heterocycles. The number of carbonyl (C=O) groups is 1. The number of benzene rings is 1. The number of amides is 1.